The Hall–Kier alpha value is -2.15. The van der Waals surface area contributed by atoms with Crippen molar-refractivity contribution in [3.8, 4) is 10.6 Å². The topological polar surface area (TPSA) is 66.9 Å². The second-order valence-corrected chi connectivity index (χ2v) is 6.63. The number of nitrogens with one attached hydrogen (secondary N) is 2. The largest absolute Gasteiger partial charge is 0.375 e. The lowest BCUT2D eigenvalue weighted by molar-refractivity contribution is -0.114. The molecule has 0 fully saturated rings. The molecule has 0 aliphatic carbocycles. The molecule has 0 aliphatic heterocycles. The summed E-state index contributed by atoms with van der Waals surface area (Å²) in [7, 11) is 0. The molecular weight excluding hydrogens is 367 g/mol. The van der Waals surface area contributed by atoms with Crippen molar-refractivity contribution >= 4 is 51.3 Å². The first kappa shape index (κ1) is 16.7. The third-order valence-electron chi connectivity index (χ3n) is 3.06. The molecule has 0 spiro atoms. The van der Waals surface area contributed by atoms with Crippen LogP contribution in [0.25, 0.3) is 10.6 Å². The maximum Gasteiger partial charge on any atom is 0.245 e. The van der Waals surface area contributed by atoms with Crippen molar-refractivity contribution in [3.63, 3.8) is 0 Å². The van der Waals surface area contributed by atoms with E-state index >= 15 is 0 Å². The molecule has 2 aromatic carbocycles. The molecule has 0 atom stereocenters. The summed E-state index contributed by atoms with van der Waals surface area (Å²) < 4.78 is 0. The number of aromatic nitrogens is 2. The van der Waals surface area contributed by atoms with Gasteiger partial charge in [0.2, 0.25) is 11.0 Å². The van der Waals surface area contributed by atoms with Gasteiger partial charge < -0.3 is 5.32 Å². The fraction of sp³-hybridized carbons (Fsp3) is 0.0625. The summed E-state index contributed by atoms with van der Waals surface area (Å²) in [5.74, 6) is -0.233. The number of hydrogen-bond acceptors (Lipinski definition) is 5. The van der Waals surface area contributed by atoms with Gasteiger partial charge in [0.05, 0.1) is 17.3 Å². The third-order valence-corrected chi connectivity index (χ3v) is 4.51. The average molecular weight is 379 g/mol. The second kappa shape index (κ2) is 7.61. The van der Waals surface area contributed by atoms with Crippen LogP contribution in [0.15, 0.2) is 48.5 Å². The van der Waals surface area contributed by atoms with Gasteiger partial charge in [-0.3, -0.25) is 10.1 Å². The molecule has 0 saturated heterocycles. The fourth-order valence-corrected chi connectivity index (χ4v) is 3.10. The molecule has 1 amide bonds. The number of anilines is 2. The van der Waals surface area contributed by atoms with Crippen molar-refractivity contribution < 1.29 is 4.79 Å². The van der Waals surface area contributed by atoms with E-state index in [0.717, 1.165) is 5.56 Å². The van der Waals surface area contributed by atoms with E-state index in [-0.39, 0.29) is 12.5 Å². The highest BCUT2D eigenvalue weighted by Crippen LogP contribution is 2.28. The van der Waals surface area contributed by atoms with Gasteiger partial charge in [-0.25, -0.2) is 0 Å². The van der Waals surface area contributed by atoms with Gasteiger partial charge >= 0.3 is 0 Å². The number of hydrogen-bond donors (Lipinski definition) is 2. The number of para-hydroxylation sites is 1. The van der Waals surface area contributed by atoms with Crippen LogP contribution in [-0.4, -0.2) is 22.6 Å². The quantitative estimate of drug-likeness (QED) is 0.682. The first-order valence-electron chi connectivity index (χ1n) is 6.99. The maximum absolute atomic E-state index is 12.0. The highest BCUT2D eigenvalue weighted by atomic mass is 35.5. The van der Waals surface area contributed by atoms with Crippen LogP contribution in [0.2, 0.25) is 10.0 Å². The Morgan fingerprint density at radius 2 is 1.92 bits per heavy atom. The Morgan fingerprint density at radius 3 is 2.71 bits per heavy atom. The SMILES string of the molecule is O=C(CNc1ccccc1Cl)Nc1nnc(-c2cccc(Cl)c2)s1. The average Bonchev–Trinajstić information content (AvgIpc) is 3.02. The summed E-state index contributed by atoms with van der Waals surface area (Å²) in [4.78, 5) is 12.0. The van der Waals surface area contributed by atoms with Crippen LogP contribution in [0.4, 0.5) is 10.8 Å². The van der Waals surface area contributed by atoms with Gasteiger partial charge in [0.25, 0.3) is 0 Å². The zero-order chi connectivity index (χ0) is 16.9. The van der Waals surface area contributed by atoms with Gasteiger partial charge in [-0.1, -0.05) is 58.8 Å². The van der Waals surface area contributed by atoms with Gasteiger partial charge in [-0.05, 0) is 24.3 Å². The van der Waals surface area contributed by atoms with E-state index in [1.54, 1.807) is 24.3 Å². The minimum absolute atomic E-state index is 0.0792. The Bertz CT molecular complexity index is 869. The van der Waals surface area contributed by atoms with Gasteiger partial charge in [-0.15, -0.1) is 10.2 Å². The van der Waals surface area contributed by atoms with Gasteiger partial charge in [0.1, 0.15) is 5.01 Å². The minimum Gasteiger partial charge on any atom is -0.375 e. The zero-order valence-corrected chi connectivity index (χ0v) is 14.6. The molecule has 0 saturated carbocycles. The number of nitrogens with zero attached hydrogens (tertiary/aromatic N) is 2. The van der Waals surface area contributed by atoms with Crippen molar-refractivity contribution in [2.75, 3.05) is 17.2 Å². The summed E-state index contributed by atoms with van der Waals surface area (Å²) in [5, 5.41) is 16.0. The molecule has 0 radical (unpaired) electrons. The lowest BCUT2D eigenvalue weighted by atomic mass is 10.2. The first-order valence-corrected chi connectivity index (χ1v) is 8.57. The van der Waals surface area contributed by atoms with Crippen molar-refractivity contribution in [1.82, 2.24) is 10.2 Å². The molecule has 1 aromatic heterocycles. The predicted molar refractivity (Wildman–Crippen MR) is 98.9 cm³/mol. The van der Waals surface area contributed by atoms with E-state index in [4.69, 9.17) is 23.2 Å². The smallest absolute Gasteiger partial charge is 0.245 e. The predicted octanol–water partition coefficient (Wildman–Crippen LogP) is 4.56. The molecule has 122 valence electrons. The van der Waals surface area contributed by atoms with Crippen LogP contribution in [0.3, 0.4) is 0 Å². The van der Waals surface area contributed by atoms with E-state index in [1.165, 1.54) is 11.3 Å². The van der Waals surface area contributed by atoms with Crippen molar-refractivity contribution in [1.29, 1.82) is 0 Å². The highest BCUT2D eigenvalue weighted by molar-refractivity contribution is 7.18. The molecule has 1 heterocycles. The van der Waals surface area contributed by atoms with Crippen molar-refractivity contribution in [2.45, 2.75) is 0 Å². The Kier molecular flexibility index (Phi) is 5.30. The van der Waals surface area contributed by atoms with E-state index < -0.39 is 0 Å². The van der Waals surface area contributed by atoms with E-state index in [2.05, 4.69) is 20.8 Å². The summed E-state index contributed by atoms with van der Waals surface area (Å²) in [5.41, 5.74) is 1.56. The monoisotopic (exact) mass is 378 g/mol. The minimum atomic E-state index is -0.233. The normalized spacial score (nSPS) is 10.4. The number of halogens is 2. The molecule has 0 bridgehead atoms. The number of carbonyl (C=O) groups is 1. The molecule has 0 unspecified atom stereocenters. The maximum atomic E-state index is 12.0. The summed E-state index contributed by atoms with van der Waals surface area (Å²) in [6.07, 6.45) is 0. The summed E-state index contributed by atoms with van der Waals surface area (Å²) >= 11 is 13.3. The van der Waals surface area contributed by atoms with E-state index in [9.17, 15) is 4.79 Å². The van der Waals surface area contributed by atoms with Crippen LogP contribution in [0.5, 0.6) is 0 Å². The highest BCUT2D eigenvalue weighted by Gasteiger charge is 2.10. The molecule has 24 heavy (non-hydrogen) atoms. The Balaban J connectivity index is 1.60. The Morgan fingerprint density at radius 1 is 1.08 bits per heavy atom. The number of rotatable bonds is 5. The summed E-state index contributed by atoms with van der Waals surface area (Å²) in [6.45, 7) is 0.0792. The first-order chi connectivity index (χ1) is 11.6. The molecule has 2 N–H and O–H groups in total. The van der Waals surface area contributed by atoms with Crippen LogP contribution >= 0.6 is 34.5 Å². The van der Waals surface area contributed by atoms with Gasteiger partial charge in [-0.2, -0.15) is 0 Å². The lowest BCUT2D eigenvalue weighted by Crippen LogP contribution is -2.21. The van der Waals surface area contributed by atoms with E-state index in [0.29, 0.717) is 25.9 Å². The molecule has 8 heteroatoms. The molecular formula is C16H12Cl2N4OS. The fourth-order valence-electron chi connectivity index (χ4n) is 1.96. The zero-order valence-electron chi connectivity index (χ0n) is 12.3. The van der Waals surface area contributed by atoms with Crippen LogP contribution < -0.4 is 10.6 Å². The standard InChI is InChI=1S/C16H12Cl2N4OS/c17-11-5-3-4-10(8-11)15-21-22-16(24-15)20-14(23)9-19-13-7-2-1-6-12(13)18/h1-8,19H,9H2,(H,20,22,23). The number of carbonyl (C=O) groups excluding carboxylic acids is 1. The number of amides is 1. The molecule has 5 nitrogen and oxygen atoms in total. The molecule has 0 aliphatic rings. The van der Waals surface area contributed by atoms with Crippen LogP contribution in [0, 0.1) is 0 Å². The Labute approximate surface area is 152 Å². The van der Waals surface area contributed by atoms with Crippen LogP contribution in [0.1, 0.15) is 0 Å². The van der Waals surface area contributed by atoms with Gasteiger partial charge in [0.15, 0.2) is 0 Å². The van der Waals surface area contributed by atoms with Crippen LogP contribution in [-0.2, 0) is 4.79 Å². The molecule has 3 rings (SSSR count). The number of benzene rings is 2. The van der Waals surface area contributed by atoms with Crippen molar-refractivity contribution in [3.05, 3.63) is 58.6 Å². The summed E-state index contributed by atoms with van der Waals surface area (Å²) in [6, 6.07) is 14.5. The lowest BCUT2D eigenvalue weighted by Gasteiger charge is -2.07. The van der Waals surface area contributed by atoms with E-state index in [1.807, 2.05) is 24.3 Å². The van der Waals surface area contributed by atoms with Crippen molar-refractivity contribution in [2.24, 2.45) is 0 Å². The van der Waals surface area contributed by atoms with Gasteiger partial charge in [0, 0.05) is 10.6 Å². The third kappa shape index (κ3) is 4.23. The second-order valence-electron chi connectivity index (χ2n) is 4.80. The molecule has 3 aromatic rings.